The second kappa shape index (κ2) is 8.15. The van der Waals surface area contributed by atoms with Gasteiger partial charge in [0.2, 0.25) is 5.91 Å². The molecule has 0 radical (unpaired) electrons. The number of phenols is 1. The summed E-state index contributed by atoms with van der Waals surface area (Å²) in [5.41, 5.74) is 1.72. The van der Waals surface area contributed by atoms with E-state index >= 15 is 0 Å². The van der Waals surface area contributed by atoms with Gasteiger partial charge < -0.3 is 14.9 Å². The lowest BCUT2D eigenvalue weighted by Crippen LogP contribution is -2.66. The molecule has 1 atom stereocenters. The lowest BCUT2D eigenvalue weighted by atomic mass is 9.62. The van der Waals surface area contributed by atoms with Gasteiger partial charge in [0.1, 0.15) is 5.75 Å². The van der Waals surface area contributed by atoms with E-state index in [9.17, 15) is 9.90 Å². The first-order valence-electron chi connectivity index (χ1n) is 10.3. The Balaban J connectivity index is 1.70. The number of nitrogens with zero attached hydrogens (tertiary/aromatic N) is 2. The topological polar surface area (TPSA) is 43.8 Å². The van der Waals surface area contributed by atoms with Crippen molar-refractivity contribution in [3.63, 3.8) is 0 Å². The molecule has 1 amide bonds. The van der Waals surface area contributed by atoms with Crippen molar-refractivity contribution in [3.8, 4) is 5.75 Å². The summed E-state index contributed by atoms with van der Waals surface area (Å²) in [5.74, 6) is 0.486. The van der Waals surface area contributed by atoms with Crippen molar-refractivity contribution in [1.82, 2.24) is 4.90 Å². The maximum absolute atomic E-state index is 13.6. The molecule has 0 saturated carbocycles. The predicted octanol–water partition coefficient (Wildman–Crippen LogP) is 5.21. The van der Waals surface area contributed by atoms with Crippen LogP contribution in [0.1, 0.15) is 37.8 Å². The van der Waals surface area contributed by atoms with Crippen LogP contribution in [-0.2, 0) is 4.79 Å². The van der Waals surface area contributed by atoms with Gasteiger partial charge in [0.15, 0.2) is 0 Å². The summed E-state index contributed by atoms with van der Waals surface area (Å²) in [6.45, 7) is 3.93. The Morgan fingerprint density at radius 3 is 2.48 bits per heavy atom. The molecule has 29 heavy (non-hydrogen) atoms. The van der Waals surface area contributed by atoms with Crippen molar-refractivity contribution >= 4 is 23.4 Å². The first-order valence-corrected chi connectivity index (χ1v) is 11.5. The molecule has 1 unspecified atom stereocenters. The Labute approximate surface area is 177 Å². The van der Waals surface area contributed by atoms with Crippen LogP contribution in [0.2, 0.25) is 0 Å². The Bertz CT molecular complexity index is 901. The fourth-order valence-corrected chi connectivity index (χ4v) is 5.26. The summed E-state index contributed by atoms with van der Waals surface area (Å²) < 4.78 is 0. The Morgan fingerprint density at radius 1 is 1.14 bits per heavy atom. The summed E-state index contributed by atoms with van der Waals surface area (Å²) in [6.07, 6.45) is 9.13. The summed E-state index contributed by atoms with van der Waals surface area (Å²) in [7, 11) is 0. The highest BCUT2D eigenvalue weighted by atomic mass is 32.2. The molecule has 0 aromatic heterocycles. The predicted molar refractivity (Wildman–Crippen MR) is 119 cm³/mol. The van der Waals surface area contributed by atoms with Crippen molar-refractivity contribution in [2.24, 2.45) is 5.41 Å². The molecule has 0 bridgehead atoms. The van der Waals surface area contributed by atoms with E-state index in [4.69, 9.17) is 0 Å². The summed E-state index contributed by atoms with van der Waals surface area (Å²) in [4.78, 5) is 19.0. The standard InChI is InChI=1S/C24H28N2O2S/c1-3-4-15-25-16-13-24(14-17-25)22(18-9-11-19(27)12-10-18)26(23(24)28)20-7-5-6-8-21(20)29-2/h4-12,15,22,27H,3,13-14,16-17H2,1-2H3/b15-4+. The average molecular weight is 409 g/mol. The minimum Gasteiger partial charge on any atom is -0.508 e. The second-order valence-corrected chi connectivity index (χ2v) is 8.67. The van der Waals surface area contributed by atoms with Gasteiger partial charge in [0.25, 0.3) is 0 Å². The molecule has 2 saturated heterocycles. The van der Waals surface area contributed by atoms with Crippen LogP contribution in [0.15, 0.2) is 65.7 Å². The van der Waals surface area contributed by atoms with Crippen LogP contribution < -0.4 is 4.90 Å². The molecule has 4 nitrogen and oxygen atoms in total. The van der Waals surface area contributed by atoms with E-state index in [1.165, 1.54) is 0 Å². The SMILES string of the molecule is CC/C=C/N1CCC2(CC1)C(=O)N(c1ccccc1SC)C2c1ccc(O)cc1. The van der Waals surface area contributed by atoms with Crippen LogP contribution in [-0.4, -0.2) is 35.3 Å². The molecule has 2 heterocycles. The van der Waals surface area contributed by atoms with Crippen LogP contribution in [0.25, 0.3) is 0 Å². The van der Waals surface area contributed by atoms with Gasteiger partial charge in [-0.2, -0.15) is 0 Å². The number of allylic oxidation sites excluding steroid dienone is 1. The number of para-hydroxylation sites is 1. The van der Waals surface area contributed by atoms with E-state index in [1.807, 2.05) is 41.5 Å². The van der Waals surface area contributed by atoms with Gasteiger partial charge in [-0.1, -0.05) is 37.3 Å². The molecule has 152 valence electrons. The van der Waals surface area contributed by atoms with E-state index in [1.54, 1.807) is 23.9 Å². The number of carbonyl (C=O) groups excluding carboxylic acids is 1. The highest BCUT2D eigenvalue weighted by Crippen LogP contribution is 2.58. The third kappa shape index (κ3) is 3.42. The van der Waals surface area contributed by atoms with Crippen molar-refractivity contribution < 1.29 is 9.90 Å². The lowest BCUT2D eigenvalue weighted by Gasteiger charge is -2.59. The summed E-state index contributed by atoms with van der Waals surface area (Å²) >= 11 is 1.67. The average Bonchev–Trinajstić information content (AvgIpc) is 2.77. The van der Waals surface area contributed by atoms with Crippen LogP contribution in [0.3, 0.4) is 0 Å². The maximum atomic E-state index is 13.6. The van der Waals surface area contributed by atoms with Gasteiger partial charge in [-0.3, -0.25) is 4.79 Å². The molecule has 1 N–H and O–H groups in total. The normalized spacial score (nSPS) is 21.0. The lowest BCUT2D eigenvalue weighted by molar-refractivity contribution is -0.144. The Kier molecular flexibility index (Phi) is 5.59. The fourth-order valence-electron chi connectivity index (χ4n) is 4.67. The molecular weight excluding hydrogens is 380 g/mol. The number of thioether (sulfide) groups is 1. The number of phenolic OH excluding ortho intramolecular Hbond substituents is 1. The first-order chi connectivity index (χ1) is 14.1. The van der Waals surface area contributed by atoms with E-state index in [0.29, 0.717) is 0 Å². The number of amides is 1. The monoisotopic (exact) mass is 408 g/mol. The number of benzene rings is 2. The van der Waals surface area contributed by atoms with Crippen LogP contribution >= 0.6 is 11.8 Å². The number of β-lactam (4-membered cyclic amide) rings is 1. The highest BCUT2D eigenvalue weighted by molar-refractivity contribution is 7.98. The number of hydrogen-bond donors (Lipinski definition) is 1. The van der Waals surface area contributed by atoms with Crippen molar-refractivity contribution in [2.75, 3.05) is 24.2 Å². The number of carbonyl (C=O) groups is 1. The maximum Gasteiger partial charge on any atom is 0.236 e. The zero-order valence-corrected chi connectivity index (χ0v) is 17.9. The Hall–Kier alpha value is -2.40. The van der Waals surface area contributed by atoms with Crippen LogP contribution in [0, 0.1) is 5.41 Å². The molecule has 2 aliphatic heterocycles. The zero-order chi connectivity index (χ0) is 20.4. The zero-order valence-electron chi connectivity index (χ0n) is 17.0. The molecule has 2 fully saturated rings. The smallest absolute Gasteiger partial charge is 0.236 e. The van der Waals surface area contributed by atoms with Gasteiger partial charge >= 0.3 is 0 Å². The van der Waals surface area contributed by atoms with Crippen molar-refractivity contribution in [2.45, 2.75) is 37.1 Å². The van der Waals surface area contributed by atoms with E-state index in [0.717, 1.165) is 48.5 Å². The fraction of sp³-hybridized carbons (Fsp3) is 0.375. The quantitative estimate of drug-likeness (QED) is 0.545. The van der Waals surface area contributed by atoms with Gasteiger partial charge in [-0.05, 0) is 61.5 Å². The number of likely N-dealkylation sites (tertiary alicyclic amines) is 1. The van der Waals surface area contributed by atoms with Gasteiger partial charge in [-0.25, -0.2) is 0 Å². The van der Waals surface area contributed by atoms with Crippen LogP contribution in [0.5, 0.6) is 5.75 Å². The Morgan fingerprint density at radius 2 is 1.83 bits per heavy atom. The summed E-state index contributed by atoms with van der Waals surface area (Å²) in [6, 6.07) is 15.5. The van der Waals surface area contributed by atoms with Gasteiger partial charge in [0, 0.05) is 18.0 Å². The molecule has 5 heteroatoms. The number of piperidine rings is 1. The van der Waals surface area contributed by atoms with E-state index < -0.39 is 0 Å². The number of anilines is 1. The number of aromatic hydroxyl groups is 1. The summed E-state index contributed by atoms with van der Waals surface area (Å²) in [5, 5.41) is 9.77. The minimum absolute atomic E-state index is 0.00112. The first kappa shape index (κ1) is 19.9. The minimum atomic E-state index is -0.362. The molecule has 2 aromatic rings. The van der Waals surface area contributed by atoms with E-state index in [-0.39, 0.29) is 23.1 Å². The van der Waals surface area contributed by atoms with Gasteiger partial charge in [0.05, 0.1) is 17.1 Å². The second-order valence-electron chi connectivity index (χ2n) is 7.83. The largest absolute Gasteiger partial charge is 0.508 e. The molecular formula is C24H28N2O2S. The molecule has 4 rings (SSSR count). The molecule has 0 aliphatic carbocycles. The molecule has 1 spiro atoms. The molecule has 2 aromatic carbocycles. The number of hydrogen-bond acceptors (Lipinski definition) is 4. The third-order valence-electron chi connectivity index (χ3n) is 6.22. The highest BCUT2D eigenvalue weighted by Gasteiger charge is 2.62. The van der Waals surface area contributed by atoms with Crippen molar-refractivity contribution in [3.05, 3.63) is 66.4 Å². The van der Waals surface area contributed by atoms with Crippen LogP contribution in [0.4, 0.5) is 5.69 Å². The number of rotatable bonds is 5. The van der Waals surface area contributed by atoms with E-state index in [2.05, 4.69) is 30.2 Å². The van der Waals surface area contributed by atoms with Crippen molar-refractivity contribution in [1.29, 1.82) is 0 Å². The third-order valence-corrected chi connectivity index (χ3v) is 7.01. The molecule has 2 aliphatic rings. The van der Waals surface area contributed by atoms with Gasteiger partial charge in [-0.15, -0.1) is 11.8 Å².